The molecular formula is C19H34N4O4. The van der Waals surface area contributed by atoms with Gasteiger partial charge in [-0.15, -0.1) is 0 Å². The summed E-state index contributed by atoms with van der Waals surface area (Å²) in [5.74, 6) is 0.0680. The zero-order chi connectivity index (χ0) is 20.4. The van der Waals surface area contributed by atoms with Crippen LogP contribution in [0.1, 0.15) is 60.8 Å². The first-order valence-corrected chi connectivity index (χ1v) is 9.70. The molecule has 8 heteroatoms. The first-order chi connectivity index (χ1) is 12.3. The number of urea groups is 1. The van der Waals surface area contributed by atoms with Crippen molar-refractivity contribution in [3.05, 3.63) is 0 Å². The van der Waals surface area contributed by atoms with Gasteiger partial charge in [0.15, 0.2) is 0 Å². The predicted molar refractivity (Wildman–Crippen MR) is 102 cm³/mol. The summed E-state index contributed by atoms with van der Waals surface area (Å²) in [6, 6.07) is -0.405. The molecule has 2 fully saturated rings. The molecule has 2 aliphatic heterocycles. The average molecular weight is 383 g/mol. The highest BCUT2D eigenvalue weighted by atomic mass is 16.6. The number of nitrogens with zero attached hydrogens (tertiary/aromatic N) is 2. The quantitative estimate of drug-likeness (QED) is 0.765. The molecule has 1 atom stereocenters. The Balaban J connectivity index is 1.74. The maximum absolute atomic E-state index is 12.3. The van der Waals surface area contributed by atoms with E-state index in [4.69, 9.17) is 4.74 Å². The Morgan fingerprint density at radius 2 is 1.56 bits per heavy atom. The van der Waals surface area contributed by atoms with Gasteiger partial charge in [-0.3, -0.25) is 4.79 Å². The Morgan fingerprint density at radius 3 is 2.04 bits per heavy atom. The van der Waals surface area contributed by atoms with Crippen LogP contribution in [0.25, 0.3) is 0 Å². The fourth-order valence-electron chi connectivity index (χ4n) is 3.40. The summed E-state index contributed by atoms with van der Waals surface area (Å²) in [5, 5.41) is 5.87. The van der Waals surface area contributed by atoms with Crippen LogP contribution in [0.3, 0.4) is 0 Å². The number of piperidine rings is 1. The summed E-state index contributed by atoms with van der Waals surface area (Å²) in [4.78, 5) is 39.9. The second-order valence-corrected chi connectivity index (χ2v) is 9.44. The van der Waals surface area contributed by atoms with E-state index in [2.05, 4.69) is 10.6 Å². The van der Waals surface area contributed by atoms with E-state index in [9.17, 15) is 14.4 Å². The van der Waals surface area contributed by atoms with E-state index in [0.29, 0.717) is 38.9 Å². The highest BCUT2D eigenvalue weighted by Gasteiger charge is 2.37. The fourth-order valence-corrected chi connectivity index (χ4v) is 3.40. The molecule has 0 bridgehead atoms. The molecule has 0 aromatic rings. The fraction of sp³-hybridized carbons (Fsp3) is 0.842. The van der Waals surface area contributed by atoms with Gasteiger partial charge < -0.3 is 25.2 Å². The highest BCUT2D eigenvalue weighted by molar-refractivity contribution is 5.82. The van der Waals surface area contributed by atoms with E-state index in [1.165, 1.54) is 0 Å². The third-order valence-corrected chi connectivity index (χ3v) is 4.75. The van der Waals surface area contributed by atoms with Gasteiger partial charge in [-0.25, -0.2) is 9.59 Å². The number of hydrogen-bond donors (Lipinski definition) is 2. The summed E-state index contributed by atoms with van der Waals surface area (Å²) < 4.78 is 5.38. The van der Waals surface area contributed by atoms with E-state index >= 15 is 0 Å². The summed E-state index contributed by atoms with van der Waals surface area (Å²) in [6.45, 7) is 13.2. The number of carbonyl (C=O) groups excluding carboxylic acids is 3. The molecule has 0 aromatic carbocycles. The van der Waals surface area contributed by atoms with Crippen LogP contribution in [-0.4, -0.2) is 70.7 Å². The molecule has 0 spiro atoms. The van der Waals surface area contributed by atoms with Gasteiger partial charge in [0.25, 0.3) is 0 Å². The van der Waals surface area contributed by atoms with Crippen LogP contribution in [-0.2, 0) is 9.53 Å². The molecule has 27 heavy (non-hydrogen) atoms. The zero-order valence-electron chi connectivity index (χ0n) is 17.4. The lowest BCUT2D eigenvalue weighted by molar-refractivity contribution is -0.131. The number of amides is 4. The lowest BCUT2D eigenvalue weighted by Crippen LogP contribution is -2.52. The molecule has 4 amide bonds. The first-order valence-electron chi connectivity index (χ1n) is 9.70. The van der Waals surface area contributed by atoms with Crippen LogP contribution in [0.15, 0.2) is 0 Å². The van der Waals surface area contributed by atoms with Crippen LogP contribution < -0.4 is 10.6 Å². The molecule has 0 saturated carbocycles. The minimum absolute atomic E-state index is 0.0134. The van der Waals surface area contributed by atoms with Crippen molar-refractivity contribution < 1.29 is 19.1 Å². The molecule has 0 aliphatic carbocycles. The number of carbonyl (C=O) groups is 3. The van der Waals surface area contributed by atoms with Gasteiger partial charge >= 0.3 is 12.1 Å². The Labute approximate surface area is 162 Å². The van der Waals surface area contributed by atoms with Crippen molar-refractivity contribution in [2.75, 3.05) is 19.6 Å². The zero-order valence-corrected chi connectivity index (χ0v) is 17.4. The SMILES string of the molecule is CC(C)(C)OC(=O)N1CCC(NC(=O)NC2CC(=O)N(C(C)(C)C)C2)CC1. The normalized spacial score (nSPS) is 22.0. The first kappa shape index (κ1) is 21.3. The monoisotopic (exact) mass is 382 g/mol. The molecule has 154 valence electrons. The van der Waals surface area contributed by atoms with E-state index in [1.807, 2.05) is 41.5 Å². The molecule has 0 radical (unpaired) electrons. The maximum Gasteiger partial charge on any atom is 0.410 e. The molecule has 2 saturated heterocycles. The second-order valence-electron chi connectivity index (χ2n) is 9.44. The van der Waals surface area contributed by atoms with Crippen LogP contribution in [0.2, 0.25) is 0 Å². The Bertz CT molecular complexity index is 571. The van der Waals surface area contributed by atoms with Gasteiger partial charge in [-0.2, -0.15) is 0 Å². The summed E-state index contributed by atoms with van der Waals surface area (Å²) in [6.07, 6.45) is 1.40. The van der Waals surface area contributed by atoms with Gasteiger partial charge in [-0.1, -0.05) is 0 Å². The Hall–Kier alpha value is -1.99. The maximum atomic E-state index is 12.3. The van der Waals surface area contributed by atoms with Crippen molar-refractivity contribution >= 4 is 18.0 Å². The molecule has 8 nitrogen and oxygen atoms in total. The van der Waals surface area contributed by atoms with Gasteiger partial charge in [-0.05, 0) is 54.4 Å². The van der Waals surface area contributed by atoms with Crippen molar-refractivity contribution in [1.82, 2.24) is 20.4 Å². The summed E-state index contributed by atoms with van der Waals surface area (Å²) in [7, 11) is 0. The van der Waals surface area contributed by atoms with Gasteiger partial charge in [0, 0.05) is 37.6 Å². The van der Waals surface area contributed by atoms with E-state index < -0.39 is 5.60 Å². The highest BCUT2D eigenvalue weighted by Crippen LogP contribution is 2.22. The van der Waals surface area contributed by atoms with Crippen molar-refractivity contribution in [3.8, 4) is 0 Å². The lowest BCUT2D eigenvalue weighted by Gasteiger charge is -2.34. The standard InChI is InChI=1S/C19H34N4O4/c1-18(2,3)23-12-14(11-15(23)24)21-16(25)20-13-7-9-22(10-8-13)17(26)27-19(4,5)6/h13-14H,7-12H2,1-6H3,(H2,20,21,25). The number of rotatable bonds is 2. The minimum atomic E-state index is -0.508. The molecule has 0 aromatic heterocycles. The minimum Gasteiger partial charge on any atom is -0.444 e. The topological polar surface area (TPSA) is 91.0 Å². The summed E-state index contributed by atoms with van der Waals surface area (Å²) in [5.41, 5.74) is -0.746. The molecule has 2 N–H and O–H groups in total. The lowest BCUT2D eigenvalue weighted by atomic mass is 10.1. The summed E-state index contributed by atoms with van der Waals surface area (Å²) >= 11 is 0. The van der Waals surface area contributed by atoms with Gasteiger partial charge in [0.2, 0.25) is 5.91 Å². The van der Waals surface area contributed by atoms with E-state index in [0.717, 1.165) is 0 Å². The largest absolute Gasteiger partial charge is 0.444 e. The smallest absolute Gasteiger partial charge is 0.410 e. The molecule has 1 unspecified atom stereocenters. The molecule has 2 aliphatic rings. The number of nitrogens with one attached hydrogen (secondary N) is 2. The van der Waals surface area contributed by atoms with Crippen molar-refractivity contribution in [1.29, 1.82) is 0 Å². The van der Waals surface area contributed by atoms with Crippen LogP contribution in [0.4, 0.5) is 9.59 Å². The van der Waals surface area contributed by atoms with Gasteiger partial charge in [0.05, 0.1) is 6.04 Å². The third kappa shape index (κ3) is 6.29. The number of ether oxygens (including phenoxy) is 1. The Kier molecular flexibility index (Phi) is 6.27. The third-order valence-electron chi connectivity index (χ3n) is 4.75. The number of hydrogen-bond acceptors (Lipinski definition) is 4. The number of likely N-dealkylation sites (tertiary alicyclic amines) is 2. The van der Waals surface area contributed by atoms with Crippen LogP contribution >= 0.6 is 0 Å². The Morgan fingerprint density at radius 1 is 1.00 bits per heavy atom. The van der Waals surface area contributed by atoms with E-state index in [-0.39, 0.29) is 35.7 Å². The average Bonchev–Trinajstić information content (AvgIpc) is 2.86. The molecular weight excluding hydrogens is 348 g/mol. The van der Waals surface area contributed by atoms with E-state index in [1.54, 1.807) is 9.80 Å². The van der Waals surface area contributed by atoms with Crippen LogP contribution in [0, 0.1) is 0 Å². The van der Waals surface area contributed by atoms with Crippen LogP contribution in [0.5, 0.6) is 0 Å². The molecule has 2 rings (SSSR count). The van der Waals surface area contributed by atoms with Crippen molar-refractivity contribution in [3.63, 3.8) is 0 Å². The van der Waals surface area contributed by atoms with Crippen molar-refractivity contribution in [2.24, 2.45) is 0 Å². The van der Waals surface area contributed by atoms with Gasteiger partial charge in [0.1, 0.15) is 5.60 Å². The molecule has 2 heterocycles. The second kappa shape index (κ2) is 7.94. The van der Waals surface area contributed by atoms with Crippen molar-refractivity contribution in [2.45, 2.75) is 84.0 Å². The predicted octanol–water partition coefficient (Wildman–Crippen LogP) is 2.08.